The Bertz CT molecular complexity index is 758. The lowest BCUT2D eigenvalue weighted by Gasteiger charge is -2.02. The third-order valence-corrected chi connectivity index (χ3v) is 2.55. The maximum Gasteiger partial charge on any atom is 0.271 e. The standard InChI is InChI=1S/C10H10N8O/c1-12-9(19)5-2-3-18(17-5)8-6-7(14-4-13-6)15-10(11)16-8/h2-4H,1H3,(H,12,19)(H3,11,13,14,15,16). The van der Waals surface area contributed by atoms with Gasteiger partial charge in [0.05, 0.1) is 6.33 Å². The molecule has 0 fully saturated rings. The van der Waals surface area contributed by atoms with Crippen LogP contribution in [0.15, 0.2) is 18.6 Å². The van der Waals surface area contributed by atoms with Crippen molar-refractivity contribution in [3.05, 3.63) is 24.3 Å². The van der Waals surface area contributed by atoms with Crippen LogP contribution in [0.2, 0.25) is 0 Å². The number of aromatic nitrogens is 6. The molecule has 0 radical (unpaired) electrons. The molecule has 0 aliphatic carbocycles. The fourth-order valence-corrected chi connectivity index (χ4v) is 1.69. The molecule has 9 heteroatoms. The van der Waals surface area contributed by atoms with Crippen LogP contribution in [0.3, 0.4) is 0 Å². The Morgan fingerprint density at radius 3 is 3.11 bits per heavy atom. The molecule has 0 aliphatic heterocycles. The molecule has 0 saturated carbocycles. The second-order valence-corrected chi connectivity index (χ2v) is 3.73. The van der Waals surface area contributed by atoms with E-state index in [9.17, 15) is 4.79 Å². The number of fused-ring (bicyclic) bond motifs is 1. The molecule has 4 N–H and O–H groups in total. The normalized spacial score (nSPS) is 10.8. The van der Waals surface area contributed by atoms with Gasteiger partial charge in [0.25, 0.3) is 5.91 Å². The predicted molar refractivity (Wildman–Crippen MR) is 66.6 cm³/mol. The van der Waals surface area contributed by atoms with Crippen LogP contribution in [0.4, 0.5) is 5.95 Å². The molecular formula is C10H10N8O. The van der Waals surface area contributed by atoms with Crippen molar-refractivity contribution in [3.63, 3.8) is 0 Å². The first-order valence-corrected chi connectivity index (χ1v) is 5.44. The summed E-state index contributed by atoms with van der Waals surface area (Å²) in [6.45, 7) is 0. The minimum Gasteiger partial charge on any atom is -0.368 e. The maximum absolute atomic E-state index is 11.5. The first-order valence-electron chi connectivity index (χ1n) is 5.44. The Labute approximate surface area is 106 Å². The quantitative estimate of drug-likeness (QED) is 0.567. The van der Waals surface area contributed by atoms with E-state index in [2.05, 4.69) is 30.4 Å². The molecule has 0 aromatic carbocycles. The average molecular weight is 258 g/mol. The Balaban J connectivity index is 2.16. The Morgan fingerprint density at radius 1 is 1.47 bits per heavy atom. The fraction of sp³-hybridized carbons (Fsp3) is 0.100. The van der Waals surface area contributed by atoms with Gasteiger partial charge in [0.1, 0.15) is 5.52 Å². The lowest BCUT2D eigenvalue weighted by atomic mass is 10.4. The summed E-state index contributed by atoms with van der Waals surface area (Å²) in [6.07, 6.45) is 3.11. The van der Waals surface area contributed by atoms with Crippen LogP contribution in [-0.2, 0) is 0 Å². The van der Waals surface area contributed by atoms with Gasteiger partial charge in [0.15, 0.2) is 17.2 Å². The number of imidazole rings is 1. The van der Waals surface area contributed by atoms with E-state index in [1.807, 2.05) is 0 Å². The van der Waals surface area contributed by atoms with Gasteiger partial charge in [-0.3, -0.25) is 4.79 Å². The van der Waals surface area contributed by atoms with Gasteiger partial charge in [0.2, 0.25) is 5.95 Å². The van der Waals surface area contributed by atoms with Gasteiger partial charge in [-0.2, -0.15) is 15.1 Å². The maximum atomic E-state index is 11.5. The van der Waals surface area contributed by atoms with Gasteiger partial charge in [-0.1, -0.05) is 0 Å². The zero-order valence-corrected chi connectivity index (χ0v) is 9.95. The monoisotopic (exact) mass is 258 g/mol. The summed E-state index contributed by atoms with van der Waals surface area (Å²) in [4.78, 5) is 26.5. The predicted octanol–water partition coefficient (Wildman–Crippen LogP) is -0.520. The number of nitrogens with zero attached hydrogens (tertiary/aromatic N) is 5. The van der Waals surface area contributed by atoms with E-state index in [1.165, 1.54) is 18.1 Å². The molecule has 3 aromatic heterocycles. The minimum absolute atomic E-state index is 0.0894. The highest BCUT2D eigenvalue weighted by Gasteiger charge is 2.13. The van der Waals surface area contributed by atoms with Crippen molar-refractivity contribution in [2.24, 2.45) is 0 Å². The van der Waals surface area contributed by atoms with Crippen LogP contribution in [-0.4, -0.2) is 42.7 Å². The van der Waals surface area contributed by atoms with Crippen molar-refractivity contribution in [2.75, 3.05) is 12.8 Å². The highest BCUT2D eigenvalue weighted by Crippen LogP contribution is 2.16. The summed E-state index contributed by atoms with van der Waals surface area (Å²) in [5, 5.41) is 6.63. The highest BCUT2D eigenvalue weighted by atomic mass is 16.1. The van der Waals surface area contributed by atoms with E-state index in [0.29, 0.717) is 17.0 Å². The van der Waals surface area contributed by atoms with E-state index < -0.39 is 0 Å². The highest BCUT2D eigenvalue weighted by molar-refractivity contribution is 5.92. The Morgan fingerprint density at radius 2 is 2.32 bits per heavy atom. The minimum atomic E-state index is -0.276. The summed E-state index contributed by atoms with van der Waals surface area (Å²) in [6, 6.07) is 1.58. The topological polar surface area (TPSA) is 127 Å². The number of nitrogens with two attached hydrogens (primary N) is 1. The molecule has 0 saturated heterocycles. The summed E-state index contributed by atoms with van der Waals surface area (Å²) < 4.78 is 1.45. The third-order valence-electron chi connectivity index (χ3n) is 2.55. The average Bonchev–Trinajstić information content (AvgIpc) is 3.05. The van der Waals surface area contributed by atoms with Gasteiger partial charge >= 0.3 is 0 Å². The van der Waals surface area contributed by atoms with Crippen molar-refractivity contribution < 1.29 is 4.79 Å². The number of aromatic amines is 1. The molecule has 96 valence electrons. The molecule has 0 spiro atoms. The van der Waals surface area contributed by atoms with Gasteiger partial charge < -0.3 is 16.0 Å². The molecule has 0 aliphatic rings. The van der Waals surface area contributed by atoms with E-state index >= 15 is 0 Å². The lowest BCUT2D eigenvalue weighted by Crippen LogP contribution is -2.18. The van der Waals surface area contributed by atoms with E-state index in [4.69, 9.17) is 5.73 Å². The molecule has 19 heavy (non-hydrogen) atoms. The number of nitrogens with one attached hydrogen (secondary N) is 2. The summed E-state index contributed by atoms with van der Waals surface area (Å²) >= 11 is 0. The van der Waals surface area contributed by atoms with Gasteiger partial charge in [-0.05, 0) is 6.07 Å². The van der Waals surface area contributed by atoms with Crippen molar-refractivity contribution >= 4 is 23.0 Å². The van der Waals surface area contributed by atoms with Crippen LogP contribution in [0.25, 0.3) is 17.0 Å². The lowest BCUT2D eigenvalue weighted by molar-refractivity contribution is 0.0957. The zero-order chi connectivity index (χ0) is 13.4. The number of nitrogen functional groups attached to an aromatic ring is 1. The van der Waals surface area contributed by atoms with Crippen LogP contribution in [0.1, 0.15) is 10.5 Å². The second-order valence-electron chi connectivity index (χ2n) is 3.73. The first kappa shape index (κ1) is 11.1. The molecule has 0 atom stereocenters. The molecule has 3 rings (SSSR count). The number of carbonyl (C=O) groups is 1. The van der Waals surface area contributed by atoms with E-state index in [-0.39, 0.29) is 17.5 Å². The summed E-state index contributed by atoms with van der Waals surface area (Å²) in [7, 11) is 1.54. The number of hydrogen-bond donors (Lipinski definition) is 3. The third kappa shape index (κ3) is 1.76. The zero-order valence-electron chi connectivity index (χ0n) is 9.95. The van der Waals surface area contributed by atoms with Gasteiger partial charge in [0, 0.05) is 13.2 Å². The summed E-state index contributed by atoms with van der Waals surface area (Å²) in [5.41, 5.74) is 6.94. The van der Waals surface area contributed by atoms with Crippen LogP contribution in [0.5, 0.6) is 0 Å². The number of amides is 1. The molecular weight excluding hydrogens is 248 g/mol. The first-order chi connectivity index (χ1) is 9.19. The molecule has 3 heterocycles. The van der Waals surface area contributed by atoms with E-state index in [0.717, 1.165) is 0 Å². The Hall–Kier alpha value is -2.97. The number of carbonyl (C=O) groups excluding carboxylic acids is 1. The number of H-pyrrole nitrogens is 1. The van der Waals surface area contributed by atoms with Crippen LogP contribution >= 0.6 is 0 Å². The van der Waals surface area contributed by atoms with Crippen molar-refractivity contribution in [2.45, 2.75) is 0 Å². The van der Waals surface area contributed by atoms with Gasteiger partial charge in [-0.25, -0.2) is 9.67 Å². The number of rotatable bonds is 2. The van der Waals surface area contributed by atoms with Crippen LogP contribution < -0.4 is 11.1 Å². The SMILES string of the molecule is CNC(=O)c1ccn(-c2nc(N)nc3nc[nH]c23)n1. The molecule has 1 amide bonds. The molecule has 0 unspecified atom stereocenters. The van der Waals surface area contributed by atoms with Crippen LogP contribution in [0, 0.1) is 0 Å². The van der Waals surface area contributed by atoms with E-state index in [1.54, 1.807) is 12.3 Å². The summed E-state index contributed by atoms with van der Waals surface area (Å²) in [5.74, 6) is 0.253. The van der Waals surface area contributed by atoms with Gasteiger partial charge in [-0.15, -0.1) is 0 Å². The second kappa shape index (κ2) is 4.05. The Kier molecular flexibility index (Phi) is 2.37. The smallest absolute Gasteiger partial charge is 0.271 e. The van der Waals surface area contributed by atoms with Crippen molar-refractivity contribution in [1.29, 1.82) is 0 Å². The fourth-order valence-electron chi connectivity index (χ4n) is 1.69. The molecule has 3 aromatic rings. The molecule has 0 bridgehead atoms. The number of hydrogen-bond acceptors (Lipinski definition) is 6. The van der Waals surface area contributed by atoms with Crippen molar-refractivity contribution in [3.8, 4) is 5.82 Å². The van der Waals surface area contributed by atoms with Crippen molar-refractivity contribution in [1.82, 2.24) is 35.0 Å². The largest absolute Gasteiger partial charge is 0.368 e. The number of anilines is 1. The molecule has 9 nitrogen and oxygen atoms in total.